The average Bonchev–Trinajstić information content (AvgIpc) is 2.46. The van der Waals surface area contributed by atoms with Crippen molar-refractivity contribution in [2.75, 3.05) is 17.7 Å². The van der Waals surface area contributed by atoms with E-state index < -0.39 is 21.8 Å². The lowest BCUT2D eigenvalue weighted by Gasteiger charge is -2.18. The molecule has 0 bridgehead atoms. The van der Waals surface area contributed by atoms with Crippen LogP contribution in [-0.2, 0) is 9.84 Å². The number of sulfone groups is 1. The van der Waals surface area contributed by atoms with E-state index in [2.05, 4.69) is 5.32 Å². The number of hydrogen-bond donors (Lipinski definition) is 3. The van der Waals surface area contributed by atoms with Crippen LogP contribution in [0.1, 0.15) is 0 Å². The van der Waals surface area contributed by atoms with Gasteiger partial charge in [-0.15, -0.1) is 0 Å². The molecule has 0 heterocycles. The van der Waals surface area contributed by atoms with Crippen LogP contribution >= 0.6 is 0 Å². The van der Waals surface area contributed by atoms with Gasteiger partial charge in [0.25, 0.3) is 0 Å². The van der Waals surface area contributed by atoms with E-state index in [1.807, 2.05) is 6.07 Å². The zero-order chi connectivity index (χ0) is 14.6. The molecule has 0 aliphatic heterocycles. The molecular formula is C14H16N2O3S. The van der Waals surface area contributed by atoms with Crippen molar-refractivity contribution < 1.29 is 13.5 Å². The van der Waals surface area contributed by atoms with Gasteiger partial charge in [0.05, 0.1) is 11.5 Å². The highest BCUT2D eigenvalue weighted by atomic mass is 32.2. The van der Waals surface area contributed by atoms with Gasteiger partial charge >= 0.3 is 0 Å². The topological polar surface area (TPSA) is 92.4 Å². The molecule has 0 aromatic heterocycles. The first-order chi connectivity index (χ1) is 9.54. The highest BCUT2D eigenvalue weighted by molar-refractivity contribution is 7.92. The van der Waals surface area contributed by atoms with Gasteiger partial charge in [0.1, 0.15) is 0 Å². The summed E-state index contributed by atoms with van der Waals surface area (Å²) in [6, 6.07) is 14.8. The van der Waals surface area contributed by atoms with E-state index in [1.165, 1.54) is 24.3 Å². The van der Waals surface area contributed by atoms with Crippen LogP contribution in [0.3, 0.4) is 0 Å². The monoisotopic (exact) mass is 292 g/mol. The average molecular weight is 292 g/mol. The standard InChI is InChI=1S/C14H16N2O3S/c15-11-6-8-13(9-7-11)20(18,19)14(10-17)16-12-4-2-1-3-5-12/h1-9,14,16-17H,10,15H2. The van der Waals surface area contributed by atoms with E-state index in [-0.39, 0.29) is 4.90 Å². The van der Waals surface area contributed by atoms with Crippen LogP contribution in [0.25, 0.3) is 0 Å². The van der Waals surface area contributed by atoms with Crippen molar-refractivity contribution in [3.8, 4) is 0 Å². The van der Waals surface area contributed by atoms with Gasteiger partial charge in [0, 0.05) is 11.4 Å². The minimum absolute atomic E-state index is 0.120. The minimum Gasteiger partial charge on any atom is -0.399 e. The Morgan fingerprint density at radius 1 is 1.05 bits per heavy atom. The summed E-state index contributed by atoms with van der Waals surface area (Å²) in [6.45, 7) is -0.526. The van der Waals surface area contributed by atoms with Crippen molar-refractivity contribution >= 4 is 21.2 Å². The highest BCUT2D eigenvalue weighted by Crippen LogP contribution is 2.19. The Labute approximate surface area is 118 Å². The van der Waals surface area contributed by atoms with E-state index in [0.717, 1.165) is 0 Å². The first kappa shape index (κ1) is 14.4. The molecular weight excluding hydrogens is 276 g/mol. The molecule has 6 heteroatoms. The number of nitrogens with two attached hydrogens (primary N) is 1. The maximum Gasteiger partial charge on any atom is 0.201 e. The second-order valence-corrected chi connectivity index (χ2v) is 6.43. The van der Waals surface area contributed by atoms with E-state index in [9.17, 15) is 13.5 Å². The minimum atomic E-state index is -3.68. The van der Waals surface area contributed by atoms with E-state index in [4.69, 9.17) is 5.73 Å². The second kappa shape index (κ2) is 5.94. The number of nitrogen functional groups attached to an aromatic ring is 1. The fourth-order valence-electron chi connectivity index (χ4n) is 1.76. The van der Waals surface area contributed by atoms with Gasteiger partial charge in [-0.05, 0) is 36.4 Å². The lowest BCUT2D eigenvalue weighted by Crippen LogP contribution is -2.33. The SMILES string of the molecule is Nc1ccc(S(=O)(=O)C(CO)Nc2ccccc2)cc1. The summed E-state index contributed by atoms with van der Waals surface area (Å²) in [5.41, 5.74) is 6.66. The molecule has 2 aromatic rings. The molecule has 0 saturated heterocycles. The number of anilines is 2. The number of aliphatic hydroxyl groups is 1. The summed E-state index contributed by atoms with van der Waals surface area (Å²) in [5, 5.41) is 11.1. The van der Waals surface area contributed by atoms with E-state index in [0.29, 0.717) is 11.4 Å². The van der Waals surface area contributed by atoms with Gasteiger partial charge in [0.2, 0.25) is 9.84 Å². The summed E-state index contributed by atoms with van der Waals surface area (Å²) in [6.07, 6.45) is 0. The van der Waals surface area contributed by atoms with Crippen LogP contribution in [0.2, 0.25) is 0 Å². The van der Waals surface area contributed by atoms with E-state index in [1.54, 1.807) is 24.3 Å². The zero-order valence-corrected chi connectivity index (χ0v) is 11.5. The Morgan fingerprint density at radius 3 is 2.20 bits per heavy atom. The lowest BCUT2D eigenvalue weighted by atomic mass is 10.3. The Bertz CT molecular complexity index is 655. The van der Waals surface area contributed by atoms with Crippen molar-refractivity contribution in [3.63, 3.8) is 0 Å². The molecule has 1 atom stereocenters. The van der Waals surface area contributed by atoms with Crippen molar-refractivity contribution in [2.24, 2.45) is 0 Å². The Balaban J connectivity index is 2.28. The van der Waals surface area contributed by atoms with Gasteiger partial charge in [-0.25, -0.2) is 8.42 Å². The van der Waals surface area contributed by atoms with Crippen LogP contribution in [0.5, 0.6) is 0 Å². The van der Waals surface area contributed by atoms with Crippen LogP contribution in [0, 0.1) is 0 Å². The molecule has 106 valence electrons. The van der Waals surface area contributed by atoms with Gasteiger partial charge < -0.3 is 16.2 Å². The maximum atomic E-state index is 12.4. The quantitative estimate of drug-likeness (QED) is 0.726. The molecule has 5 nitrogen and oxygen atoms in total. The first-order valence-corrected chi connectivity index (χ1v) is 7.60. The largest absolute Gasteiger partial charge is 0.399 e. The maximum absolute atomic E-state index is 12.4. The van der Waals surface area contributed by atoms with Crippen molar-refractivity contribution in [1.29, 1.82) is 0 Å². The summed E-state index contributed by atoms with van der Waals surface area (Å²) in [4.78, 5) is 0.120. The third-order valence-corrected chi connectivity index (χ3v) is 4.80. The molecule has 0 saturated carbocycles. The molecule has 0 aliphatic carbocycles. The van der Waals surface area contributed by atoms with Gasteiger partial charge in [-0.3, -0.25) is 0 Å². The first-order valence-electron chi connectivity index (χ1n) is 6.06. The number of aliphatic hydroxyl groups excluding tert-OH is 1. The molecule has 2 aromatic carbocycles. The van der Waals surface area contributed by atoms with E-state index >= 15 is 0 Å². The smallest absolute Gasteiger partial charge is 0.201 e. The summed E-state index contributed by atoms with van der Waals surface area (Å²) >= 11 is 0. The number of hydrogen-bond acceptors (Lipinski definition) is 5. The van der Waals surface area contributed by atoms with Crippen LogP contribution in [-0.4, -0.2) is 25.5 Å². The van der Waals surface area contributed by atoms with Crippen LogP contribution in [0.4, 0.5) is 11.4 Å². The molecule has 0 fully saturated rings. The van der Waals surface area contributed by atoms with Crippen LogP contribution < -0.4 is 11.1 Å². The normalized spacial score (nSPS) is 12.8. The molecule has 0 spiro atoms. The fraction of sp³-hybridized carbons (Fsp3) is 0.143. The number of para-hydroxylation sites is 1. The predicted molar refractivity (Wildman–Crippen MR) is 79.0 cm³/mol. The number of nitrogens with one attached hydrogen (secondary N) is 1. The van der Waals surface area contributed by atoms with Crippen molar-refractivity contribution in [3.05, 3.63) is 54.6 Å². The third kappa shape index (κ3) is 3.09. The second-order valence-electron chi connectivity index (χ2n) is 4.30. The van der Waals surface area contributed by atoms with Gasteiger partial charge in [-0.2, -0.15) is 0 Å². The predicted octanol–water partition coefficient (Wildman–Crippen LogP) is 1.47. The molecule has 1 unspecified atom stereocenters. The Kier molecular flexibility index (Phi) is 4.26. The van der Waals surface area contributed by atoms with Crippen molar-refractivity contribution in [2.45, 2.75) is 10.3 Å². The van der Waals surface area contributed by atoms with Crippen LogP contribution in [0.15, 0.2) is 59.5 Å². The molecule has 0 radical (unpaired) electrons. The molecule has 20 heavy (non-hydrogen) atoms. The Hall–Kier alpha value is -2.05. The fourth-order valence-corrected chi connectivity index (χ4v) is 3.09. The summed E-state index contributed by atoms with van der Waals surface area (Å²) in [5.74, 6) is 0. The highest BCUT2D eigenvalue weighted by Gasteiger charge is 2.26. The summed E-state index contributed by atoms with van der Waals surface area (Å²) < 4.78 is 24.8. The molecule has 2 rings (SSSR count). The zero-order valence-electron chi connectivity index (χ0n) is 10.7. The Morgan fingerprint density at radius 2 is 1.65 bits per heavy atom. The molecule has 0 amide bonds. The molecule has 4 N–H and O–H groups in total. The lowest BCUT2D eigenvalue weighted by molar-refractivity contribution is 0.298. The number of rotatable bonds is 5. The van der Waals surface area contributed by atoms with Crippen molar-refractivity contribution in [1.82, 2.24) is 0 Å². The van der Waals surface area contributed by atoms with Gasteiger partial charge in [-0.1, -0.05) is 18.2 Å². The van der Waals surface area contributed by atoms with Gasteiger partial charge in [0.15, 0.2) is 5.37 Å². The third-order valence-electron chi connectivity index (χ3n) is 2.85. The number of benzene rings is 2. The molecule has 0 aliphatic rings. The summed E-state index contributed by atoms with van der Waals surface area (Å²) in [7, 11) is -3.68.